The second-order valence-electron chi connectivity index (χ2n) is 5.02. The van der Waals surface area contributed by atoms with Gasteiger partial charge in [-0.3, -0.25) is 0 Å². The molecule has 0 bridgehead atoms. The lowest BCUT2D eigenvalue weighted by Crippen LogP contribution is -2.49. The molecule has 1 aromatic rings. The molecule has 1 aromatic carbocycles. The Balaban J connectivity index is 1.91. The zero-order chi connectivity index (χ0) is 13.7. The highest BCUT2D eigenvalue weighted by atomic mass is 16.3. The molecule has 0 heterocycles. The second kappa shape index (κ2) is 5.89. The monoisotopic (exact) mass is 260 g/mol. The molecular formula is C15H20N2O2. The van der Waals surface area contributed by atoms with Gasteiger partial charge in [0, 0.05) is 19.5 Å². The van der Waals surface area contributed by atoms with Crippen molar-refractivity contribution in [3.63, 3.8) is 0 Å². The molecule has 4 heteroatoms. The Morgan fingerprint density at radius 3 is 2.84 bits per heavy atom. The molecule has 0 saturated heterocycles. The average Bonchev–Trinajstić information content (AvgIpc) is 2.43. The standard InChI is InChI=1S/C15H20N2O2/c1-2-9-16-14(18)17-11-15(19)8-7-12-5-3-4-6-13(12)10-15/h2-6,19H,1,7-11H2,(H2,16,17,18). The Labute approximate surface area is 113 Å². The maximum Gasteiger partial charge on any atom is 0.315 e. The molecule has 0 saturated carbocycles. The summed E-state index contributed by atoms with van der Waals surface area (Å²) in [5.41, 5.74) is 1.62. The van der Waals surface area contributed by atoms with Crippen LogP contribution in [0.5, 0.6) is 0 Å². The zero-order valence-electron chi connectivity index (χ0n) is 11.0. The summed E-state index contributed by atoms with van der Waals surface area (Å²) in [7, 11) is 0. The average molecular weight is 260 g/mol. The van der Waals surface area contributed by atoms with Crippen molar-refractivity contribution in [2.45, 2.75) is 24.9 Å². The fourth-order valence-electron chi connectivity index (χ4n) is 2.41. The van der Waals surface area contributed by atoms with Gasteiger partial charge in [0.15, 0.2) is 0 Å². The van der Waals surface area contributed by atoms with E-state index in [9.17, 15) is 9.90 Å². The largest absolute Gasteiger partial charge is 0.388 e. The lowest BCUT2D eigenvalue weighted by molar-refractivity contribution is 0.0291. The SMILES string of the molecule is C=CCNC(=O)NCC1(O)CCc2ccccc2C1. The van der Waals surface area contributed by atoms with Crippen LogP contribution >= 0.6 is 0 Å². The van der Waals surface area contributed by atoms with Crippen molar-refractivity contribution < 1.29 is 9.90 Å². The molecule has 0 aliphatic heterocycles. The fourth-order valence-corrected chi connectivity index (χ4v) is 2.41. The van der Waals surface area contributed by atoms with Crippen LogP contribution in [-0.2, 0) is 12.8 Å². The summed E-state index contributed by atoms with van der Waals surface area (Å²) in [6, 6.07) is 7.86. The van der Waals surface area contributed by atoms with Gasteiger partial charge >= 0.3 is 6.03 Å². The molecule has 1 atom stereocenters. The first-order valence-electron chi connectivity index (χ1n) is 6.55. The summed E-state index contributed by atoms with van der Waals surface area (Å²) in [4.78, 5) is 11.5. The number of carbonyl (C=O) groups excluding carboxylic acids is 1. The molecule has 4 nitrogen and oxygen atoms in total. The smallest absolute Gasteiger partial charge is 0.315 e. The number of aryl methyl sites for hydroxylation is 1. The highest BCUT2D eigenvalue weighted by Crippen LogP contribution is 2.28. The van der Waals surface area contributed by atoms with E-state index in [0.29, 0.717) is 19.4 Å². The van der Waals surface area contributed by atoms with E-state index >= 15 is 0 Å². The molecule has 0 fully saturated rings. The fraction of sp³-hybridized carbons (Fsp3) is 0.400. The van der Waals surface area contributed by atoms with Gasteiger partial charge in [0.1, 0.15) is 0 Å². The predicted molar refractivity (Wildman–Crippen MR) is 75.0 cm³/mol. The third kappa shape index (κ3) is 3.58. The van der Waals surface area contributed by atoms with Crippen LogP contribution < -0.4 is 10.6 Å². The van der Waals surface area contributed by atoms with E-state index < -0.39 is 5.60 Å². The normalized spacial score (nSPS) is 21.3. The Morgan fingerprint density at radius 2 is 2.11 bits per heavy atom. The Hall–Kier alpha value is -1.81. The first-order valence-corrected chi connectivity index (χ1v) is 6.55. The molecule has 2 rings (SSSR count). The second-order valence-corrected chi connectivity index (χ2v) is 5.02. The maximum absolute atomic E-state index is 11.5. The summed E-state index contributed by atoms with van der Waals surface area (Å²) in [6.07, 6.45) is 3.73. The predicted octanol–water partition coefficient (Wildman–Crippen LogP) is 1.39. The molecule has 0 spiro atoms. The van der Waals surface area contributed by atoms with E-state index in [-0.39, 0.29) is 12.6 Å². The first-order chi connectivity index (χ1) is 9.13. The lowest BCUT2D eigenvalue weighted by atomic mass is 9.80. The van der Waals surface area contributed by atoms with Crippen LogP contribution in [0.15, 0.2) is 36.9 Å². The van der Waals surface area contributed by atoms with E-state index in [1.807, 2.05) is 18.2 Å². The summed E-state index contributed by atoms with van der Waals surface area (Å²) in [5.74, 6) is 0. The molecule has 1 aliphatic carbocycles. The van der Waals surface area contributed by atoms with Gasteiger partial charge in [-0.25, -0.2) is 4.79 Å². The molecule has 0 radical (unpaired) electrons. The molecule has 3 N–H and O–H groups in total. The van der Waals surface area contributed by atoms with Crippen molar-refractivity contribution in [1.29, 1.82) is 0 Å². The van der Waals surface area contributed by atoms with Gasteiger partial charge in [0.25, 0.3) is 0 Å². The third-order valence-electron chi connectivity index (χ3n) is 3.48. The van der Waals surface area contributed by atoms with Gasteiger partial charge in [-0.2, -0.15) is 0 Å². The highest BCUT2D eigenvalue weighted by molar-refractivity contribution is 5.74. The molecule has 0 aromatic heterocycles. The van der Waals surface area contributed by atoms with Crippen molar-refractivity contribution in [3.8, 4) is 0 Å². The minimum Gasteiger partial charge on any atom is -0.388 e. The van der Waals surface area contributed by atoms with Crippen LogP contribution in [-0.4, -0.2) is 29.8 Å². The van der Waals surface area contributed by atoms with Crippen molar-refractivity contribution >= 4 is 6.03 Å². The number of fused-ring (bicyclic) bond motifs is 1. The number of hydrogen-bond acceptors (Lipinski definition) is 2. The Kier molecular flexibility index (Phi) is 4.22. The minimum atomic E-state index is -0.847. The van der Waals surface area contributed by atoms with Gasteiger partial charge < -0.3 is 15.7 Å². The van der Waals surface area contributed by atoms with Crippen LogP contribution in [0, 0.1) is 0 Å². The molecule has 1 aliphatic rings. The van der Waals surface area contributed by atoms with Crippen LogP contribution in [0.25, 0.3) is 0 Å². The van der Waals surface area contributed by atoms with Crippen molar-refractivity contribution in [1.82, 2.24) is 10.6 Å². The topological polar surface area (TPSA) is 61.4 Å². The highest BCUT2D eigenvalue weighted by Gasteiger charge is 2.32. The van der Waals surface area contributed by atoms with Crippen LogP contribution in [0.2, 0.25) is 0 Å². The Morgan fingerprint density at radius 1 is 1.37 bits per heavy atom. The number of rotatable bonds is 4. The van der Waals surface area contributed by atoms with Crippen LogP contribution in [0.3, 0.4) is 0 Å². The summed E-state index contributed by atoms with van der Waals surface area (Å²) in [5, 5.41) is 15.9. The number of hydrogen-bond donors (Lipinski definition) is 3. The molecule has 19 heavy (non-hydrogen) atoms. The number of aliphatic hydroxyl groups is 1. The van der Waals surface area contributed by atoms with Gasteiger partial charge in [0.2, 0.25) is 0 Å². The molecule has 2 amide bonds. The van der Waals surface area contributed by atoms with Crippen LogP contribution in [0.4, 0.5) is 4.79 Å². The zero-order valence-corrected chi connectivity index (χ0v) is 11.0. The van der Waals surface area contributed by atoms with E-state index in [0.717, 1.165) is 6.42 Å². The van der Waals surface area contributed by atoms with E-state index in [1.54, 1.807) is 6.08 Å². The van der Waals surface area contributed by atoms with Crippen LogP contribution in [0.1, 0.15) is 17.5 Å². The van der Waals surface area contributed by atoms with E-state index in [4.69, 9.17) is 0 Å². The van der Waals surface area contributed by atoms with Crippen molar-refractivity contribution in [3.05, 3.63) is 48.0 Å². The number of benzene rings is 1. The Bertz CT molecular complexity index is 473. The number of nitrogens with one attached hydrogen (secondary N) is 2. The minimum absolute atomic E-state index is 0.268. The maximum atomic E-state index is 11.5. The van der Waals surface area contributed by atoms with Crippen molar-refractivity contribution in [2.24, 2.45) is 0 Å². The first kappa shape index (κ1) is 13.6. The van der Waals surface area contributed by atoms with Gasteiger partial charge in [0.05, 0.1) is 5.60 Å². The van der Waals surface area contributed by atoms with Crippen molar-refractivity contribution in [2.75, 3.05) is 13.1 Å². The molecular weight excluding hydrogens is 240 g/mol. The quantitative estimate of drug-likeness (QED) is 0.716. The third-order valence-corrected chi connectivity index (χ3v) is 3.48. The van der Waals surface area contributed by atoms with E-state index in [1.165, 1.54) is 11.1 Å². The number of carbonyl (C=O) groups is 1. The van der Waals surface area contributed by atoms with Gasteiger partial charge in [-0.15, -0.1) is 6.58 Å². The lowest BCUT2D eigenvalue weighted by Gasteiger charge is -2.33. The number of amides is 2. The summed E-state index contributed by atoms with van der Waals surface area (Å²) >= 11 is 0. The van der Waals surface area contributed by atoms with E-state index in [2.05, 4.69) is 23.3 Å². The molecule has 102 valence electrons. The van der Waals surface area contributed by atoms with Gasteiger partial charge in [-0.1, -0.05) is 30.3 Å². The summed E-state index contributed by atoms with van der Waals surface area (Å²) < 4.78 is 0. The summed E-state index contributed by atoms with van der Waals surface area (Å²) in [6.45, 7) is 4.22. The van der Waals surface area contributed by atoms with Gasteiger partial charge in [-0.05, 0) is 24.0 Å². The number of urea groups is 1. The molecule has 1 unspecified atom stereocenters.